The lowest BCUT2D eigenvalue weighted by molar-refractivity contribution is -0.140. The minimum absolute atomic E-state index is 0.0229. The van der Waals surface area contributed by atoms with Crippen LogP contribution in [0.4, 0.5) is 0 Å². The van der Waals surface area contributed by atoms with Crippen LogP contribution in [0.3, 0.4) is 0 Å². The Morgan fingerprint density at radius 3 is 2.95 bits per heavy atom. The van der Waals surface area contributed by atoms with Gasteiger partial charge in [0.2, 0.25) is 0 Å². The number of carbonyl (C=O) groups excluding carboxylic acids is 1. The van der Waals surface area contributed by atoms with E-state index in [0.717, 1.165) is 22.9 Å². The summed E-state index contributed by atoms with van der Waals surface area (Å²) in [6.45, 7) is 4.07. The lowest BCUT2D eigenvalue weighted by Gasteiger charge is -2.32. The molecule has 1 amide bonds. The Morgan fingerprint density at radius 2 is 2.09 bits per heavy atom. The van der Waals surface area contributed by atoms with Crippen LogP contribution in [0.15, 0.2) is 42.5 Å². The maximum absolute atomic E-state index is 12.3. The van der Waals surface area contributed by atoms with Gasteiger partial charge in [-0.25, -0.2) is 0 Å². The van der Waals surface area contributed by atoms with Gasteiger partial charge in [-0.05, 0) is 17.9 Å². The zero-order valence-corrected chi connectivity index (χ0v) is 12.8. The molecule has 1 saturated heterocycles. The maximum Gasteiger partial charge on any atom is 0.260 e. The third kappa shape index (κ3) is 3.22. The first-order valence-corrected chi connectivity index (χ1v) is 7.78. The van der Waals surface area contributed by atoms with Gasteiger partial charge in [-0.1, -0.05) is 43.3 Å². The molecule has 22 heavy (non-hydrogen) atoms. The van der Waals surface area contributed by atoms with Crippen LogP contribution in [0.1, 0.15) is 13.3 Å². The highest BCUT2D eigenvalue weighted by molar-refractivity contribution is 5.88. The van der Waals surface area contributed by atoms with Crippen molar-refractivity contribution >= 4 is 16.7 Å². The SMILES string of the molecule is CCC1CN(C(=O)COc2cccc3ccccc23)CCO1. The van der Waals surface area contributed by atoms with Gasteiger partial charge in [0.15, 0.2) is 6.61 Å². The van der Waals surface area contributed by atoms with Crippen LogP contribution in [0.5, 0.6) is 5.75 Å². The molecule has 0 radical (unpaired) electrons. The summed E-state index contributed by atoms with van der Waals surface area (Å²) < 4.78 is 11.4. The molecule has 1 aliphatic heterocycles. The van der Waals surface area contributed by atoms with E-state index in [2.05, 4.69) is 6.92 Å². The van der Waals surface area contributed by atoms with Gasteiger partial charge in [-0.2, -0.15) is 0 Å². The van der Waals surface area contributed by atoms with Gasteiger partial charge in [0.25, 0.3) is 5.91 Å². The number of ether oxygens (including phenoxy) is 2. The van der Waals surface area contributed by atoms with Gasteiger partial charge >= 0.3 is 0 Å². The van der Waals surface area contributed by atoms with Crippen LogP contribution in [0, 0.1) is 0 Å². The smallest absolute Gasteiger partial charge is 0.260 e. The van der Waals surface area contributed by atoms with Crippen molar-refractivity contribution in [1.29, 1.82) is 0 Å². The van der Waals surface area contributed by atoms with Crippen molar-refractivity contribution in [3.63, 3.8) is 0 Å². The van der Waals surface area contributed by atoms with E-state index in [9.17, 15) is 4.79 Å². The maximum atomic E-state index is 12.3. The van der Waals surface area contributed by atoms with E-state index in [0.29, 0.717) is 19.7 Å². The lowest BCUT2D eigenvalue weighted by Crippen LogP contribution is -2.47. The molecule has 4 nitrogen and oxygen atoms in total. The highest BCUT2D eigenvalue weighted by atomic mass is 16.5. The molecule has 0 saturated carbocycles. The van der Waals surface area contributed by atoms with E-state index in [1.165, 1.54) is 0 Å². The van der Waals surface area contributed by atoms with Crippen LogP contribution < -0.4 is 4.74 Å². The Balaban J connectivity index is 1.65. The number of hydrogen-bond acceptors (Lipinski definition) is 3. The number of amides is 1. The van der Waals surface area contributed by atoms with E-state index in [-0.39, 0.29) is 18.6 Å². The van der Waals surface area contributed by atoms with Crippen molar-refractivity contribution < 1.29 is 14.3 Å². The van der Waals surface area contributed by atoms with Crippen LogP contribution in [-0.4, -0.2) is 43.2 Å². The average Bonchev–Trinajstić information content (AvgIpc) is 2.59. The Kier molecular flexibility index (Phi) is 4.59. The van der Waals surface area contributed by atoms with Crippen LogP contribution in [0.2, 0.25) is 0 Å². The Bertz CT molecular complexity index is 650. The predicted octanol–water partition coefficient (Wildman–Crippen LogP) is 2.86. The highest BCUT2D eigenvalue weighted by Crippen LogP contribution is 2.25. The molecule has 3 rings (SSSR count). The van der Waals surface area contributed by atoms with Gasteiger partial charge in [0, 0.05) is 18.5 Å². The summed E-state index contributed by atoms with van der Waals surface area (Å²) in [6, 6.07) is 13.9. The molecular weight excluding hydrogens is 278 g/mol. The Morgan fingerprint density at radius 1 is 1.27 bits per heavy atom. The van der Waals surface area contributed by atoms with Crippen LogP contribution in [-0.2, 0) is 9.53 Å². The van der Waals surface area contributed by atoms with Gasteiger partial charge in [-0.3, -0.25) is 4.79 Å². The van der Waals surface area contributed by atoms with E-state index in [4.69, 9.17) is 9.47 Å². The fraction of sp³-hybridized carbons (Fsp3) is 0.389. The molecule has 1 aliphatic rings. The van der Waals surface area contributed by atoms with Crippen molar-refractivity contribution in [2.45, 2.75) is 19.4 Å². The molecule has 1 fully saturated rings. The molecule has 1 atom stereocenters. The van der Waals surface area contributed by atoms with Crippen LogP contribution >= 0.6 is 0 Å². The number of carbonyl (C=O) groups is 1. The minimum atomic E-state index is 0.0229. The lowest BCUT2D eigenvalue weighted by atomic mass is 10.1. The second-order valence-corrected chi connectivity index (χ2v) is 5.51. The average molecular weight is 299 g/mol. The molecule has 1 heterocycles. The molecule has 0 N–H and O–H groups in total. The first-order valence-electron chi connectivity index (χ1n) is 7.78. The van der Waals surface area contributed by atoms with Crippen molar-refractivity contribution in [2.24, 2.45) is 0 Å². The second kappa shape index (κ2) is 6.79. The molecule has 2 aromatic rings. The molecule has 1 unspecified atom stereocenters. The van der Waals surface area contributed by atoms with Crippen molar-refractivity contribution in [3.8, 4) is 5.75 Å². The topological polar surface area (TPSA) is 38.8 Å². The third-order valence-electron chi connectivity index (χ3n) is 4.05. The number of rotatable bonds is 4. The number of hydrogen-bond donors (Lipinski definition) is 0. The standard InChI is InChI=1S/C18H21NO3/c1-2-15-12-19(10-11-21-15)18(20)13-22-17-9-5-7-14-6-3-4-8-16(14)17/h3-9,15H,2,10-13H2,1H3. The quantitative estimate of drug-likeness (QED) is 0.871. The summed E-state index contributed by atoms with van der Waals surface area (Å²) in [5, 5.41) is 2.15. The molecular formula is C18H21NO3. The van der Waals surface area contributed by atoms with E-state index < -0.39 is 0 Å². The highest BCUT2D eigenvalue weighted by Gasteiger charge is 2.23. The summed E-state index contributed by atoms with van der Waals surface area (Å²) in [4.78, 5) is 14.2. The predicted molar refractivity (Wildman–Crippen MR) is 86.1 cm³/mol. The molecule has 2 aromatic carbocycles. The summed E-state index contributed by atoms with van der Waals surface area (Å²) in [5.41, 5.74) is 0. The van der Waals surface area contributed by atoms with Crippen LogP contribution in [0.25, 0.3) is 10.8 Å². The van der Waals surface area contributed by atoms with Crippen molar-refractivity contribution in [1.82, 2.24) is 4.90 Å². The Hall–Kier alpha value is -2.07. The first kappa shape index (κ1) is 14.9. The summed E-state index contributed by atoms with van der Waals surface area (Å²) in [6.07, 6.45) is 1.07. The van der Waals surface area contributed by atoms with E-state index in [1.54, 1.807) is 0 Å². The van der Waals surface area contributed by atoms with Gasteiger partial charge in [-0.15, -0.1) is 0 Å². The largest absolute Gasteiger partial charge is 0.483 e. The molecule has 0 aliphatic carbocycles. The van der Waals surface area contributed by atoms with Gasteiger partial charge < -0.3 is 14.4 Å². The van der Waals surface area contributed by atoms with Gasteiger partial charge in [0.05, 0.1) is 12.7 Å². The molecule has 4 heteroatoms. The summed E-state index contributed by atoms with van der Waals surface area (Å²) in [7, 11) is 0. The molecule has 0 bridgehead atoms. The van der Waals surface area contributed by atoms with Crippen molar-refractivity contribution in [3.05, 3.63) is 42.5 Å². The summed E-state index contributed by atoms with van der Waals surface area (Å²) >= 11 is 0. The normalized spacial score (nSPS) is 18.4. The fourth-order valence-corrected chi connectivity index (χ4v) is 2.75. The van der Waals surface area contributed by atoms with Gasteiger partial charge in [0.1, 0.15) is 5.75 Å². The molecule has 0 spiro atoms. The number of morpholine rings is 1. The molecule has 0 aromatic heterocycles. The first-order chi connectivity index (χ1) is 10.8. The second-order valence-electron chi connectivity index (χ2n) is 5.51. The van der Waals surface area contributed by atoms with E-state index in [1.807, 2.05) is 47.4 Å². The minimum Gasteiger partial charge on any atom is -0.483 e. The number of benzene rings is 2. The zero-order chi connectivity index (χ0) is 15.4. The monoisotopic (exact) mass is 299 g/mol. The van der Waals surface area contributed by atoms with Crippen molar-refractivity contribution in [2.75, 3.05) is 26.3 Å². The molecule has 116 valence electrons. The van der Waals surface area contributed by atoms with E-state index >= 15 is 0 Å². The zero-order valence-electron chi connectivity index (χ0n) is 12.8. The fourth-order valence-electron chi connectivity index (χ4n) is 2.75. The number of nitrogens with zero attached hydrogens (tertiary/aromatic N) is 1. The number of fused-ring (bicyclic) bond motifs is 1. The Labute approximate surface area is 130 Å². The summed E-state index contributed by atoms with van der Waals surface area (Å²) in [5.74, 6) is 0.779. The third-order valence-corrected chi connectivity index (χ3v) is 4.05.